The summed E-state index contributed by atoms with van der Waals surface area (Å²) in [5.41, 5.74) is 1.32. The third kappa shape index (κ3) is 6.76. The molecule has 2 fully saturated rings. The molecule has 0 aromatic heterocycles. The van der Waals surface area contributed by atoms with E-state index in [4.69, 9.17) is 5.26 Å². The van der Waals surface area contributed by atoms with E-state index in [0.717, 1.165) is 45.6 Å². The lowest BCUT2D eigenvalue weighted by Crippen LogP contribution is -2.58. The first kappa shape index (κ1) is 23.7. The van der Waals surface area contributed by atoms with Crippen molar-refractivity contribution >= 4 is 15.7 Å². The van der Waals surface area contributed by atoms with E-state index in [2.05, 4.69) is 21.6 Å². The van der Waals surface area contributed by atoms with Gasteiger partial charge in [-0.1, -0.05) is 6.92 Å². The molecule has 170 valence electrons. The highest BCUT2D eigenvalue weighted by Crippen LogP contribution is 2.39. The third-order valence-corrected chi connectivity index (χ3v) is 8.34. The molecule has 0 spiro atoms. The van der Waals surface area contributed by atoms with E-state index < -0.39 is 9.84 Å². The van der Waals surface area contributed by atoms with Crippen LogP contribution in [0.3, 0.4) is 0 Å². The maximum atomic E-state index is 12.3. The van der Waals surface area contributed by atoms with Crippen LogP contribution in [0.25, 0.3) is 0 Å². The van der Waals surface area contributed by atoms with E-state index in [1.54, 1.807) is 31.2 Å². The molecule has 2 atom stereocenters. The largest absolute Gasteiger partial charge is 0.352 e. The molecule has 2 bridgehead atoms. The lowest BCUT2D eigenvalue weighted by Gasteiger charge is -2.50. The minimum absolute atomic E-state index is 0.107. The Morgan fingerprint density at radius 1 is 1.32 bits per heavy atom. The molecule has 8 heteroatoms. The number of nitriles is 1. The fraction of sp³-hybridized carbons (Fsp3) is 0.652. The van der Waals surface area contributed by atoms with Crippen molar-refractivity contribution in [3.05, 3.63) is 35.4 Å². The number of fused-ring (bicyclic) bond motifs is 2. The van der Waals surface area contributed by atoms with Crippen molar-refractivity contribution < 1.29 is 13.2 Å². The number of sulfone groups is 1. The van der Waals surface area contributed by atoms with Gasteiger partial charge in [-0.15, -0.1) is 0 Å². The lowest BCUT2D eigenvalue weighted by atomic mass is 9.70. The quantitative estimate of drug-likeness (QED) is 0.532. The highest BCUT2D eigenvalue weighted by atomic mass is 32.2. The van der Waals surface area contributed by atoms with Crippen LogP contribution in [0.15, 0.2) is 24.3 Å². The molecule has 2 aliphatic heterocycles. The van der Waals surface area contributed by atoms with E-state index >= 15 is 0 Å². The molecule has 0 saturated carbocycles. The summed E-state index contributed by atoms with van der Waals surface area (Å²) < 4.78 is 23.6. The molecule has 2 unspecified atom stereocenters. The van der Waals surface area contributed by atoms with E-state index in [0.29, 0.717) is 30.0 Å². The first-order valence-electron chi connectivity index (χ1n) is 11.3. The Labute approximate surface area is 186 Å². The van der Waals surface area contributed by atoms with Crippen LogP contribution in [-0.2, 0) is 9.84 Å². The van der Waals surface area contributed by atoms with Crippen molar-refractivity contribution in [2.45, 2.75) is 32.6 Å². The summed E-state index contributed by atoms with van der Waals surface area (Å²) in [5, 5.41) is 15.4. The molecule has 1 amide bonds. The Hall–Kier alpha value is -1.95. The topological polar surface area (TPSA) is 102 Å². The Morgan fingerprint density at radius 2 is 2.10 bits per heavy atom. The van der Waals surface area contributed by atoms with Gasteiger partial charge in [0.25, 0.3) is 5.91 Å². The van der Waals surface area contributed by atoms with Crippen molar-refractivity contribution in [3.63, 3.8) is 0 Å². The van der Waals surface area contributed by atoms with Gasteiger partial charge in [-0.05, 0) is 74.4 Å². The predicted octanol–water partition coefficient (Wildman–Crippen LogP) is 1.80. The summed E-state index contributed by atoms with van der Waals surface area (Å²) >= 11 is 0. The maximum absolute atomic E-state index is 12.3. The van der Waals surface area contributed by atoms with Gasteiger partial charge >= 0.3 is 0 Å². The highest BCUT2D eigenvalue weighted by Gasteiger charge is 2.41. The molecule has 1 aromatic carbocycles. The zero-order valence-electron chi connectivity index (χ0n) is 18.4. The summed E-state index contributed by atoms with van der Waals surface area (Å²) in [4.78, 5) is 14.8. The van der Waals surface area contributed by atoms with Gasteiger partial charge in [0.15, 0.2) is 0 Å². The fourth-order valence-corrected chi connectivity index (χ4v) is 5.87. The van der Waals surface area contributed by atoms with Gasteiger partial charge in [0, 0.05) is 37.5 Å². The van der Waals surface area contributed by atoms with E-state index in [1.807, 2.05) is 0 Å². The molecule has 0 radical (unpaired) electrons. The molecule has 31 heavy (non-hydrogen) atoms. The number of hydrogen-bond donors (Lipinski definition) is 2. The number of nitrogens with one attached hydrogen (secondary N) is 2. The second kappa shape index (κ2) is 10.6. The van der Waals surface area contributed by atoms with Crippen LogP contribution in [-0.4, -0.2) is 70.0 Å². The monoisotopic (exact) mass is 446 g/mol. The van der Waals surface area contributed by atoms with Gasteiger partial charge in [0.1, 0.15) is 9.84 Å². The smallest absolute Gasteiger partial charge is 0.251 e. The molecule has 2 aliphatic rings. The van der Waals surface area contributed by atoms with Crippen LogP contribution in [0.2, 0.25) is 0 Å². The fourth-order valence-electron chi connectivity index (χ4n) is 5.01. The van der Waals surface area contributed by atoms with Crippen molar-refractivity contribution in [2.24, 2.45) is 11.3 Å². The van der Waals surface area contributed by atoms with Gasteiger partial charge in [0.05, 0.1) is 17.4 Å². The molecule has 3 rings (SSSR count). The normalized spacial score (nSPS) is 23.8. The summed E-state index contributed by atoms with van der Waals surface area (Å²) in [6, 6.07) is 8.73. The number of rotatable bonds is 10. The first-order valence-corrected chi connectivity index (χ1v) is 13.1. The average molecular weight is 447 g/mol. The first-order chi connectivity index (χ1) is 14.8. The van der Waals surface area contributed by atoms with Crippen molar-refractivity contribution in [3.8, 4) is 6.07 Å². The van der Waals surface area contributed by atoms with Crippen LogP contribution >= 0.6 is 0 Å². The molecular weight excluding hydrogens is 412 g/mol. The molecule has 0 aliphatic carbocycles. The van der Waals surface area contributed by atoms with Crippen molar-refractivity contribution in [2.75, 3.05) is 50.8 Å². The second-order valence-corrected chi connectivity index (χ2v) is 11.5. The van der Waals surface area contributed by atoms with Gasteiger partial charge in [-0.3, -0.25) is 4.79 Å². The third-order valence-electron chi connectivity index (χ3n) is 6.55. The number of benzene rings is 1. The van der Waals surface area contributed by atoms with Crippen LogP contribution in [0.5, 0.6) is 0 Å². The van der Waals surface area contributed by atoms with Gasteiger partial charge in [0.2, 0.25) is 0 Å². The number of hydrogen-bond acceptors (Lipinski definition) is 6. The molecule has 2 saturated heterocycles. The highest BCUT2D eigenvalue weighted by molar-refractivity contribution is 7.91. The number of amides is 1. The molecule has 1 aromatic rings. The predicted molar refractivity (Wildman–Crippen MR) is 122 cm³/mol. The van der Waals surface area contributed by atoms with Crippen LogP contribution in [0.1, 0.15) is 48.5 Å². The zero-order valence-corrected chi connectivity index (χ0v) is 19.2. The minimum Gasteiger partial charge on any atom is -0.352 e. The molecule has 7 nitrogen and oxygen atoms in total. The van der Waals surface area contributed by atoms with Crippen molar-refractivity contribution in [1.29, 1.82) is 5.26 Å². The van der Waals surface area contributed by atoms with Gasteiger partial charge in [-0.2, -0.15) is 5.26 Å². The van der Waals surface area contributed by atoms with Gasteiger partial charge < -0.3 is 15.5 Å². The summed E-state index contributed by atoms with van der Waals surface area (Å²) in [6.07, 6.45) is 3.85. The number of carbonyl (C=O) groups is 1. The van der Waals surface area contributed by atoms with E-state index in [9.17, 15) is 13.2 Å². The Kier molecular flexibility index (Phi) is 8.09. The summed E-state index contributed by atoms with van der Waals surface area (Å²) in [7, 11) is -2.90. The molecule has 2 N–H and O–H groups in total. The average Bonchev–Trinajstić information content (AvgIpc) is 2.76. The van der Waals surface area contributed by atoms with E-state index in [-0.39, 0.29) is 22.8 Å². The van der Waals surface area contributed by atoms with Gasteiger partial charge in [-0.25, -0.2) is 8.42 Å². The Bertz CT molecular complexity index is 894. The molecular formula is C23H34N4O3S. The van der Waals surface area contributed by atoms with Crippen LogP contribution in [0.4, 0.5) is 0 Å². The van der Waals surface area contributed by atoms with Crippen molar-refractivity contribution in [1.82, 2.24) is 15.5 Å². The standard InChI is InChI=1S/C23H34N4O3S/c1-2-31(29,30)12-4-11-27-16-20-13-23(18-27,17-25-15-20)9-3-10-26-22(28)21-7-5-19(14-24)6-8-21/h5-8,20,25H,2-4,9-13,15-18H2,1H3,(H,26,28). The minimum atomic E-state index is -2.90. The lowest BCUT2D eigenvalue weighted by molar-refractivity contribution is 0.0143. The summed E-state index contributed by atoms with van der Waals surface area (Å²) in [5.74, 6) is 0.997. The molecule has 2 heterocycles. The summed E-state index contributed by atoms with van der Waals surface area (Å²) in [6.45, 7) is 7.22. The second-order valence-electron chi connectivity index (χ2n) is 9.07. The van der Waals surface area contributed by atoms with Crippen LogP contribution < -0.4 is 10.6 Å². The maximum Gasteiger partial charge on any atom is 0.251 e. The zero-order chi connectivity index (χ0) is 22.3. The Balaban J connectivity index is 1.46. The Morgan fingerprint density at radius 3 is 2.81 bits per heavy atom. The van der Waals surface area contributed by atoms with Crippen LogP contribution in [0, 0.1) is 22.7 Å². The number of carbonyl (C=O) groups excluding carboxylic acids is 1. The number of nitrogens with zero attached hydrogens (tertiary/aromatic N) is 2. The number of piperidine rings is 2. The van der Waals surface area contributed by atoms with E-state index in [1.165, 1.54) is 6.42 Å². The number of likely N-dealkylation sites (tertiary alicyclic amines) is 1. The SMILES string of the molecule is CCS(=O)(=O)CCCN1CC2CNCC(CCCNC(=O)c3ccc(C#N)cc3)(C2)C1.